The second-order valence-electron chi connectivity index (χ2n) is 3.86. The summed E-state index contributed by atoms with van der Waals surface area (Å²) in [4.78, 5) is 11.3. The second kappa shape index (κ2) is 5.27. The van der Waals surface area contributed by atoms with Gasteiger partial charge in [-0.2, -0.15) is 10.1 Å². The summed E-state index contributed by atoms with van der Waals surface area (Å²) in [6.45, 7) is 2.69. The molecule has 0 aromatic heterocycles. The number of hydrogen-bond donors (Lipinski definition) is 1. The molecular weight excluding hydrogens is 254 g/mol. The number of nitrogens with one attached hydrogen (secondary N) is 1. The first kappa shape index (κ1) is 12.7. The number of hydrogen-bond acceptors (Lipinski definition) is 4. The molecule has 1 heterocycles. The lowest BCUT2D eigenvalue weighted by Crippen LogP contribution is -2.19. The fourth-order valence-electron chi connectivity index (χ4n) is 1.74. The van der Waals surface area contributed by atoms with E-state index in [2.05, 4.69) is 10.4 Å². The predicted molar refractivity (Wildman–Crippen MR) is 71.3 cm³/mol. The Bertz CT molecular complexity index is 502. The molecule has 1 fully saturated rings. The average molecular weight is 268 g/mol. The van der Waals surface area contributed by atoms with Crippen LogP contribution in [0.15, 0.2) is 23.3 Å². The normalized spacial score (nSPS) is 15.8. The maximum Gasteiger partial charge on any atom is 0.430 e. The summed E-state index contributed by atoms with van der Waals surface area (Å²) < 4.78 is 4.82. The van der Waals surface area contributed by atoms with Crippen LogP contribution in [0.2, 0.25) is 5.02 Å². The molecule has 0 atom stereocenters. The third kappa shape index (κ3) is 2.56. The van der Waals surface area contributed by atoms with Gasteiger partial charge in [0.05, 0.1) is 12.3 Å². The summed E-state index contributed by atoms with van der Waals surface area (Å²) in [5.74, 6) is 0. The molecule has 1 aromatic carbocycles. The van der Waals surface area contributed by atoms with Crippen molar-refractivity contribution < 1.29 is 9.53 Å². The highest BCUT2D eigenvalue weighted by Crippen LogP contribution is 2.21. The van der Waals surface area contributed by atoms with Crippen LogP contribution in [0, 0.1) is 0 Å². The zero-order valence-electron chi connectivity index (χ0n) is 10.2. The minimum absolute atomic E-state index is 0.379. The van der Waals surface area contributed by atoms with Gasteiger partial charge in [0.25, 0.3) is 0 Å². The van der Waals surface area contributed by atoms with Crippen LogP contribution < -0.4 is 5.32 Å². The molecule has 2 rings (SSSR count). The van der Waals surface area contributed by atoms with Crippen molar-refractivity contribution in [3.63, 3.8) is 0 Å². The molecule has 1 aromatic rings. The standard InChI is InChI=1S/C12H14ClN3O2/c1-8(15-16-5-6-18-12(16)17)10-7-9(13)3-4-11(10)14-2/h3-4,7,14H,5-6H2,1-2H3/b15-8-. The van der Waals surface area contributed by atoms with Crippen LogP contribution in [-0.4, -0.2) is 37.0 Å². The van der Waals surface area contributed by atoms with Gasteiger partial charge >= 0.3 is 6.09 Å². The minimum atomic E-state index is -0.414. The highest BCUT2D eigenvalue weighted by molar-refractivity contribution is 6.31. The first-order valence-corrected chi connectivity index (χ1v) is 5.97. The third-order valence-electron chi connectivity index (χ3n) is 2.65. The number of anilines is 1. The Balaban J connectivity index is 2.32. The van der Waals surface area contributed by atoms with Crippen LogP contribution in [0.1, 0.15) is 12.5 Å². The number of rotatable bonds is 3. The van der Waals surface area contributed by atoms with Gasteiger partial charge in [-0.25, -0.2) is 4.79 Å². The van der Waals surface area contributed by atoms with Crippen LogP contribution in [0.4, 0.5) is 10.5 Å². The Morgan fingerprint density at radius 2 is 2.33 bits per heavy atom. The van der Waals surface area contributed by atoms with E-state index in [9.17, 15) is 4.79 Å². The van der Waals surface area contributed by atoms with Gasteiger partial charge in [0, 0.05) is 23.3 Å². The van der Waals surface area contributed by atoms with E-state index in [4.69, 9.17) is 16.3 Å². The quantitative estimate of drug-likeness (QED) is 0.857. The largest absolute Gasteiger partial charge is 0.446 e. The van der Waals surface area contributed by atoms with Gasteiger partial charge in [-0.1, -0.05) is 11.6 Å². The van der Waals surface area contributed by atoms with E-state index in [0.717, 1.165) is 11.3 Å². The van der Waals surface area contributed by atoms with Crippen LogP contribution in [0.5, 0.6) is 0 Å². The summed E-state index contributed by atoms with van der Waals surface area (Å²) in [5, 5.41) is 9.26. The van der Waals surface area contributed by atoms with E-state index >= 15 is 0 Å². The lowest BCUT2D eigenvalue weighted by molar-refractivity contribution is 0.159. The first-order chi connectivity index (χ1) is 8.61. The van der Waals surface area contributed by atoms with E-state index in [1.165, 1.54) is 5.01 Å². The van der Waals surface area contributed by atoms with Gasteiger partial charge in [-0.3, -0.25) is 0 Å². The van der Waals surface area contributed by atoms with Crippen molar-refractivity contribution in [1.29, 1.82) is 0 Å². The molecular formula is C12H14ClN3O2. The van der Waals surface area contributed by atoms with Crippen molar-refractivity contribution in [2.45, 2.75) is 6.92 Å². The maximum atomic E-state index is 11.3. The number of benzene rings is 1. The topological polar surface area (TPSA) is 53.9 Å². The molecule has 1 aliphatic heterocycles. The Morgan fingerprint density at radius 1 is 1.56 bits per heavy atom. The maximum absolute atomic E-state index is 11.3. The Hall–Kier alpha value is -1.75. The van der Waals surface area contributed by atoms with E-state index in [0.29, 0.717) is 23.9 Å². The number of cyclic esters (lactones) is 1. The molecule has 0 unspecified atom stereocenters. The molecule has 6 heteroatoms. The second-order valence-corrected chi connectivity index (χ2v) is 4.30. The number of nitrogens with zero attached hydrogens (tertiary/aromatic N) is 2. The molecule has 5 nitrogen and oxygen atoms in total. The number of amides is 1. The zero-order chi connectivity index (χ0) is 13.1. The van der Waals surface area contributed by atoms with Crippen LogP contribution in [0.25, 0.3) is 0 Å². The van der Waals surface area contributed by atoms with Crippen LogP contribution >= 0.6 is 11.6 Å². The minimum Gasteiger partial charge on any atom is -0.446 e. The van der Waals surface area contributed by atoms with E-state index in [-0.39, 0.29) is 0 Å². The van der Waals surface area contributed by atoms with Crippen molar-refractivity contribution in [1.82, 2.24) is 5.01 Å². The summed E-state index contributed by atoms with van der Waals surface area (Å²) >= 11 is 5.98. The number of hydrazone groups is 1. The number of ether oxygens (including phenoxy) is 1. The third-order valence-corrected chi connectivity index (χ3v) is 2.89. The summed E-state index contributed by atoms with van der Waals surface area (Å²) in [6.07, 6.45) is -0.414. The number of carbonyl (C=O) groups excluding carboxylic acids is 1. The summed E-state index contributed by atoms with van der Waals surface area (Å²) in [6, 6.07) is 5.49. The summed E-state index contributed by atoms with van der Waals surface area (Å²) in [7, 11) is 1.82. The van der Waals surface area contributed by atoms with Gasteiger partial charge in [-0.15, -0.1) is 0 Å². The van der Waals surface area contributed by atoms with Gasteiger partial charge in [0.15, 0.2) is 0 Å². The Labute approximate surface area is 110 Å². The highest BCUT2D eigenvalue weighted by atomic mass is 35.5. The Kier molecular flexibility index (Phi) is 3.72. The highest BCUT2D eigenvalue weighted by Gasteiger charge is 2.22. The van der Waals surface area contributed by atoms with E-state index in [1.54, 1.807) is 6.07 Å². The fourth-order valence-corrected chi connectivity index (χ4v) is 1.92. The van der Waals surface area contributed by atoms with Gasteiger partial charge in [0.1, 0.15) is 6.61 Å². The molecule has 96 valence electrons. The van der Waals surface area contributed by atoms with Gasteiger partial charge in [0.2, 0.25) is 0 Å². The molecule has 1 aliphatic rings. The average Bonchev–Trinajstić information content (AvgIpc) is 2.75. The molecule has 0 bridgehead atoms. The van der Waals surface area contributed by atoms with Crippen molar-refractivity contribution in [3.05, 3.63) is 28.8 Å². The van der Waals surface area contributed by atoms with Crippen molar-refractivity contribution in [2.75, 3.05) is 25.5 Å². The number of halogens is 1. The van der Waals surface area contributed by atoms with E-state index < -0.39 is 6.09 Å². The molecule has 0 spiro atoms. The molecule has 1 amide bonds. The molecule has 18 heavy (non-hydrogen) atoms. The smallest absolute Gasteiger partial charge is 0.430 e. The lowest BCUT2D eigenvalue weighted by Gasteiger charge is -2.12. The van der Waals surface area contributed by atoms with E-state index in [1.807, 2.05) is 26.1 Å². The SMILES string of the molecule is CNc1ccc(Cl)cc1/C(C)=N\N1CCOC1=O. The fraction of sp³-hybridized carbons (Fsp3) is 0.333. The van der Waals surface area contributed by atoms with Crippen LogP contribution in [0.3, 0.4) is 0 Å². The van der Waals surface area contributed by atoms with Crippen molar-refractivity contribution in [2.24, 2.45) is 5.10 Å². The summed E-state index contributed by atoms with van der Waals surface area (Å²) in [5.41, 5.74) is 2.48. The predicted octanol–water partition coefficient (Wildman–Crippen LogP) is 2.56. The van der Waals surface area contributed by atoms with Crippen molar-refractivity contribution in [3.8, 4) is 0 Å². The lowest BCUT2D eigenvalue weighted by atomic mass is 10.1. The molecule has 0 saturated carbocycles. The molecule has 0 aliphatic carbocycles. The molecule has 1 N–H and O–H groups in total. The first-order valence-electron chi connectivity index (χ1n) is 5.59. The Morgan fingerprint density at radius 3 is 2.94 bits per heavy atom. The molecule has 0 radical (unpaired) electrons. The van der Waals surface area contributed by atoms with Gasteiger partial charge in [-0.05, 0) is 25.1 Å². The molecule has 1 saturated heterocycles. The van der Waals surface area contributed by atoms with Crippen LogP contribution in [-0.2, 0) is 4.74 Å². The zero-order valence-corrected chi connectivity index (χ0v) is 11.0. The van der Waals surface area contributed by atoms with Crippen molar-refractivity contribution >= 4 is 29.1 Å². The number of carbonyl (C=O) groups is 1. The monoisotopic (exact) mass is 267 g/mol. The van der Waals surface area contributed by atoms with Gasteiger partial charge < -0.3 is 10.1 Å².